The third-order valence-corrected chi connectivity index (χ3v) is 6.96. The quantitative estimate of drug-likeness (QED) is 0.409. The molecule has 11 heteroatoms. The van der Waals surface area contributed by atoms with Gasteiger partial charge >= 0.3 is 5.97 Å². The number of halogens is 2. The molecule has 2 aromatic carbocycles. The number of carboxylic acids is 1. The van der Waals surface area contributed by atoms with Gasteiger partial charge in [-0.3, -0.25) is 19.1 Å². The van der Waals surface area contributed by atoms with E-state index in [1.165, 1.54) is 33.9 Å². The van der Waals surface area contributed by atoms with E-state index in [4.69, 9.17) is 11.6 Å². The number of rotatable bonds is 6. The summed E-state index contributed by atoms with van der Waals surface area (Å²) in [7, 11) is 0. The summed E-state index contributed by atoms with van der Waals surface area (Å²) in [4.78, 5) is 31.3. The van der Waals surface area contributed by atoms with Gasteiger partial charge in [0.1, 0.15) is 23.6 Å². The number of hydrogen-bond acceptors (Lipinski definition) is 6. The van der Waals surface area contributed by atoms with Crippen LogP contribution >= 0.6 is 11.6 Å². The number of piperidine rings is 1. The lowest BCUT2D eigenvalue weighted by molar-refractivity contribution is -0.146. The third-order valence-electron chi connectivity index (χ3n) is 6.62. The lowest BCUT2D eigenvalue weighted by atomic mass is 9.89. The molecular weight excluding hydrogens is 489 g/mol. The summed E-state index contributed by atoms with van der Waals surface area (Å²) in [6, 6.07) is 11.6. The zero-order valence-electron chi connectivity index (χ0n) is 19.1. The number of aromatic nitrogens is 4. The summed E-state index contributed by atoms with van der Waals surface area (Å²) >= 11 is 6.25. The van der Waals surface area contributed by atoms with E-state index >= 15 is 0 Å². The van der Waals surface area contributed by atoms with Crippen LogP contribution < -0.4 is 5.56 Å². The molecule has 0 amide bonds. The Morgan fingerprint density at radius 2 is 1.83 bits per heavy atom. The van der Waals surface area contributed by atoms with E-state index in [1.54, 1.807) is 41.3 Å². The van der Waals surface area contributed by atoms with Crippen LogP contribution in [0.3, 0.4) is 0 Å². The third kappa shape index (κ3) is 4.50. The first kappa shape index (κ1) is 24.1. The Labute approximate surface area is 210 Å². The van der Waals surface area contributed by atoms with Crippen molar-refractivity contribution in [3.05, 3.63) is 87.8 Å². The van der Waals surface area contributed by atoms with Crippen molar-refractivity contribution in [2.75, 3.05) is 13.1 Å². The summed E-state index contributed by atoms with van der Waals surface area (Å²) in [5.41, 5.74) is -0.182. The molecule has 5 rings (SSSR count). The molecule has 1 fully saturated rings. The van der Waals surface area contributed by atoms with Crippen molar-refractivity contribution in [1.29, 1.82) is 0 Å². The van der Waals surface area contributed by atoms with Crippen LogP contribution in [0.5, 0.6) is 0 Å². The van der Waals surface area contributed by atoms with Gasteiger partial charge in [0.05, 0.1) is 24.0 Å². The maximum atomic E-state index is 13.3. The van der Waals surface area contributed by atoms with Gasteiger partial charge in [-0.2, -0.15) is 5.10 Å². The smallest absolute Gasteiger partial charge is 0.325 e. The maximum Gasteiger partial charge on any atom is 0.325 e. The van der Waals surface area contributed by atoms with Crippen molar-refractivity contribution in [2.24, 2.45) is 0 Å². The van der Waals surface area contributed by atoms with Crippen molar-refractivity contribution in [2.45, 2.75) is 31.0 Å². The maximum absolute atomic E-state index is 13.3. The van der Waals surface area contributed by atoms with Crippen LogP contribution in [-0.4, -0.2) is 59.1 Å². The minimum atomic E-state index is -1.22. The van der Waals surface area contributed by atoms with Crippen LogP contribution in [0.25, 0.3) is 16.7 Å². The summed E-state index contributed by atoms with van der Waals surface area (Å²) < 4.78 is 16.1. The van der Waals surface area contributed by atoms with E-state index < -0.39 is 17.6 Å². The van der Waals surface area contributed by atoms with Gasteiger partial charge in [0.15, 0.2) is 5.65 Å². The number of carboxylic acid groups (broad SMARTS) is 1. The summed E-state index contributed by atoms with van der Waals surface area (Å²) in [6.45, 7) is 0.630. The number of carbonyl (C=O) groups is 1. The fraction of sp³-hybridized carbons (Fsp3) is 0.280. The molecule has 1 atom stereocenters. The van der Waals surface area contributed by atoms with Crippen molar-refractivity contribution >= 4 is 28.6 Å². The molecule has 4 aromatic rings. The van der Waals surface area contributed by atoms with Crippen LogP contribution in [0.4, 0.5) is 4.39 Å². The lowest BCUT2D eigenvalue weighted by Crippen LogP contribution is -2.50. The Balaban J connectivity index is 1.34. The van der Waals surface area contributed by atoms with Crippen molar-refractivity contribution < 1.29 is 19.4 Å². The fourth-order valence-corrected chi connectivity index (χ4v) is 4.93. The average Bonchev–Trinajstić information content (AvgIpc) is 3.29. The first-order valence-corrected chi connectivity index (χ1v) is 11.8. The van der Waals surface area contributed by atoms with Crippen LogP contribution in [0.15, 0.2) is 65.8 Å². The molecular formula is C25H23ClFN5O4. The van der Waals surface area contributed by atoms with E-state index in [2.05, 4.69) is 10.1 Å². The highest BCUT2D eigenvalue weighted by Gasteiger charge is 2.38. The number of nitrogens with zero attached hydrogens (tertiary/aromatic N) is 5. The molecule has 0 bridgehead atoms. The normalized spacial score (nSPS) is 16.8. The van der Waals surface area contributed by atoms with Crippen LogP contribution in [-0.2, 0) is 11.3 Å². The van der Waals surface area contributed by atoms with E-state index in [0.29, 0.717) is 35.0 Å². The van der Waals surface area contributed by atoms with Gasteiger partial charge in [-0.15, -0.1) is 0 Å². The van der Waals surface area contributed by atoms with Gasteiger partial charge in [0.2, 0.25) is 0 Å². The number of hydrogen-bond donors (Lipinski definition) is 2. The van der Waals surface area contributed by atoms with Crippen LogP contribution in [0, 0.1) is 5.82 Å². The molecule has 36 heavy (non-hydrogen) atoms. The monoisotopic (exact) mass is 511 g/mol. The number of benzene rings is 2. The van der Waals surface area contributed by atoms with E-state index in [-0.39, 0.29) is 36.1 Å². The SMILES string of the molecule is O=C(O)C(c1ccccc1Cl)N1CCC(O)(Cn2cnc3c(cnn3-c3ccc(F)cc3)c2=O)CC1. The second kappa shape index (κ2) is 9.45. The topological polar surface area (TPSA) is 113 Å². The molecule has 1 aliphatic heterocycles. The molecule has 0 radical (unpaired) electrons. The number of aliphatic hydroxyl groups is 1. The summed E-state index contributed by atoms with van der Waals surface area (Å²) in [5, 5.41) is 26.0. The van der Waals surface area contributed by atoms with Gasteiger partial charge in [0.25, 0.3) is 5.56 Å². The second-order valence-electron chi connectivity index (χ2n) is 8.97. The Morgan fingerprint density at radius 3 is 2.50 bits per heavy atom. The molecule has 2 aromatic heterocycles. The Morgan fingerprint density at radius 1 is 1.14 bits per heavy atom. The molecule has 1 aliphatic rings. The minimum absolute atomic E-state index is 0.00811. The van der Waals surface area contributed by atoms with Crippen LogP contribution in [0.1, 0.15) is 24.4 Å². The highest BCUT2D eigenvalue weighted by atomic mass is 35.5. The molecule has 9 nitrogen and oxygen atoms in total. The second-order valence-corrected chi connectivity index (χ2v) is 9.38. The molecule has 0 aliphatic carbocycles. The van der Waals surface area contributed by atoms with Crippen LogP contribution in [0.2, 0.25) is 5.02 Å². The first-order chi connectivity index (χ1) is 17.3. The molecule has 1 unspecified atom stereocenters. The zero-order valence-corrected chi connectivity index (χ0v) is 19.8. The highest BCUT2D eigenvalue weighted by Crippen LogP contribution is 2.33. The molecule has 186 valence electrons. The van der Waals surface area contributed by atoms with E-state index in [1.807, 2.05) is 0 Å². The predicted molar refractivity (Wildman–Crippen MR) is 131 cm³/mol. The van der Waals surface area contributed by atoms with Gasteiger partial charge in [0, 0.05) is 18.1 Å². The number of fused-ring (bicyclic) bond motifs is 1. The summed E-state index contributed by atoms with van der Waals surface area (Å²) in [5.74, 6) is -1.40. The standard InChI is InChI=1S/C25H23ClFN5O4/c26-20-4-2-1-3-18(20)21(24(34)35)30-11-9-25(36,10-12-30)14-31-15-28-22-19(23(31)33)13-29-32(22)17-7-5-16(27)6-8-17/h1-8,13,15,21,36H,9-12,14H2,(H,34,35). The zero-order chi connectivity index (χ0) is 25.4. The van der Waals surface area contributed by atoms with E-state index in [0.717, 1.165) is 0 Å². The molecule has 2 N–H and O–H groups in total. The van der Waals surface area contributed by atoms with Gasteiger partial charge in [-0.05, 0) is 48.7 Å². The largest absolute Gasteiger partial charge is 0.480 e. The van der Waals surface area contributed by atoms with Crippen molar-refractivity contribution in [3.8, 4) is 5.69 Å². The first-order valence-electron chi connectivity index (χ1n) is 11.4. The minimum Gasteiger partial charge on any atom is -0.480 e. The van der Waals surface area contributed by atoms with Gasteiger partial charge < -0.3 is 10.2 Å². The molecule has 3 heterocycles. The van der Waals surface area contributed by atoms with Crippen molar-refractivity contribution in [1.82, 2.24) is 24.2 Å². The van der Waals surface area contributed by atoms with Gasteiger partial charge in [-0.1, -0.05) is 29.8 Å². The molecule has 0 saturated carbocycles. The number of aliphatic carboxylic acids is 1. The molecule has 1 saturated heterocycles. The Hall–Kier alpha value is -3.60. The predicted octanol–water partition coefficient (Wildman–Crippen LogP) is 3.03. The number of likely N-dealkylation sites (tertiary alicyclic amines) is 1. The van der Waals surface area contributed by atoms with Gasteiger partial charge in [-0.25, -0.2) is 14.1 Å². The van der Waals surface area contributed by atoms with E-state index in [9.17, 15) is 24.2 Å². The Kier molecular flexibility index (Phi) is 6.33. The highest BCUT2D eigenvalue weighted by molar-refractivity contribution is 6.31. The molecule has 0 spiro atoms. The average molecular weight is 512 g/mol. The van der Waals surface area contributed by atoms with Crippen molar-refractivity contribution in [3.63, 3.8) is 0 Å². The lowest BCUT2D eigenvalue weighted by Gasteiger charge is -2.40. The Bertz CT molecular complexity index is 1480. The fourth-order valence-electron chi connectivity index (χ4n) is 4.69. The summed E-state index contributed by atoms with van der Waals surface area (Å²) in [6.07, 6.45) is 3.29.